The van der Waals surface area contributed by atoms with E-state index in [4.69, 9.17) is 4.74 Å². The second-order valence-electron chi connectivity index (χ2n) is 5.29. The van der Waals surface area contributed by atoms with E-state index in [2.05, 4.69) is 28.3 Å². The van der Waals surface area contributed by atoms with Crippen LogP contribution < -0.4 is 10.1 Å². The van der Waals surface area contributed by atoms with Gasteiger partial charge in [0, 0.05) is 24.6 Å². The molecule has 0 radical (unpaired) electrons. The Morgan fingerprint density at radius 1 is 1.14 bits per heavy atom. The van der Waals surface area contributed by atoms with Gasteiger partial charge in [-0.05, 0) is 56.1 Å². The molecule has 0 bridgehead atoms. The maximum Gasteiger partial charge on any atom is 0.138 e. The van der Waals surface area contributed by atoms with Gasteiger partial charge in [-0.25, -0.2) is 0 Å². The molecule has 0 fully saturated rings. The van der Waals surface area contributed by atoms with Crippen molar-refractivity contribution in [1.29, 1.82) is 0 Å². The molecule has 2 heterocycles. The lowest BCUT2D eigenvalue weighted by atomic mass is 10.0. The lowest BCUT2D eigenvalue weighted by molar-refractivity contribution is 0.241. The lowest BCUT2D eigenvalue weighted by Gasteiger charge is -2.19. The lowest BCUT2D eigenvalue weighted by Crippen LogP contribution is -2.23. The predicted octanol–water partition coefficient (Wildman–Crippen LogP) is 3.16. The Bertz CT molecular complexity index is 543. The summed E-state index contributed by atoms with van der Waals surface area (Å²) in [5.41, 5.74) is 2.40. The summed E-state index contributed by atoms with van der Waals surface area (Å²) >= 11 is 0. The first-order valence-corrected chi connectivity index (χ1v) is 7.43. The number of likely N-dealkylation sites (N-methyl/N-ethyl adjacent to an activating group) is 1. The van der Waals surface area contributed by atoms with Crippen LogP contribution in [0.5, 0.6) is 5.75 Å². The summed E-state index contributed by atoms with van der Waals surface area (Å²) in [7, 11) is 0. The van der Waals surface area contributed by atoms with E-state index < -0.39 is 0 Å². The van der Waals surface area contributed by atoms with E-state index in [0.717, 1.165) is 24.3 Å². The van der Waals surface area contributed by atoms with Crippen LogP contribution >= 0.6 is 0 Å². The maximum absolute atomic E-state index is 5.73. The predicted molar refractivity (Wildman–Crippen MR) is 84.4 cm³/mol. The summed E-state index contributed by atoms with van der Waals surface area (Å²) in [4.78, 5) is 8.37. The highest BCUT2D eigenvalue weighted by atomic mass is 16.5. The van der Waals surface area contributed by atoms with Crippen molar-refractivity contribution < 1.29 is 4.74 Å². The third kappa shape index (κ3) is 4.83. The molecule has 112 valence electrons. The Morgan fingerprint density at radius 3 is 2.57 bits per heavy atom. The highest BCUT2D eigenvalue weighted by Gasteiger charge is 2.13. The van der Waals surface area contributed by atoms with Crippen LogP contribution in [0.2, 0.25) is 0 Å². The number of hydrogen-bond donors (Lipinski definition) is 1. The number of nitrogens with one attached hydrogen (secondary N) is 1. The Labute approximate surface area is 126 Å². The molecule has 2 aromatic heterocycles. The average molecular weight is 285 g/mol. The van der Waals surface area contributed by atoms with Gasteiger partial charge in [-0.15, -0.1) is 0 Å². The largest absolute Gasteiger partial charge is 0.489 e. The number of hydrogen-bond acceptors (Lipinski definition) is 4. The first-order chi connectivity index (χ1) is 10.2. The zero-order valence-electron chi connectivity index (χ0n) is 12.9. The van der Waals surface area contributed by atoms with Crippen molar-refractivity contribution in [2.24, 2.45) is 0 Å². The molecule has 0 saturated heterocycles. The summed E-state index contributed by atoms with van der Waals surface area (Å²) in [5, 5.41) is 3.51. The van der Waals surface area contributed by atoms with E-state index in [9.17, 15) is 0 Å². The summed E-state index contributed by atoms with van der Waals surface area (Å²) in [6.45, 7) is 7.06. The van der Waals surface area contributed by atoms with Gasteiger partial charge in [-0.1, -0.05) is 6.92 Å². The topological polar surface area (TPSA) is 47.0 Å². The molecule has 2 aromatic rings. The summed E-state index contributed by atoms with van der Waals surface area (Å²) < 4.78 is 5.73. The Kier molecular flexibility index (Phi) is 5.69. The van der Waals surface area contributed by atoms with Gasteiger partial charge in [0.05, 0.1) is 12.3 Å². The maximum atomic E-state index is 5.73. The number of pyridine rings is 2. The van der Waals surface area contributed by atoms with E-state index in [1.54, 1.807) is 6.20 Å². The third-order valence-corrected chi connectivity index (χ3v) is 3.15. The number of ether oxygens (including phenoxy) is 1. The minimum absolute atomic E-state index is 0.153. The first kappa shape index (κ1) is 15.4. The normalized spacial score (nSPS) is 12.4. The monoisotopic (exact) mass is 285 g/mol. The zero-order chi connectivity index (χ0) is 15.1. The van der Waals surface area contributed by atoms with Crippen molar-refractivity contribution in [1.82, 2.24) is 15.3 Å². The Morgan fingerprint density at radius 2 is 1.90 bits per heavy atom. The van der Waals surface area contributed by atoms with E-state index in [1.807, 2.05) is 44.6 Å². The number of nitrogens with zero attached hydrogens (tertiary/aromatic N) is 2. The van der Waals surface area contributed by atoms with Crippen LogP contribution in [0, 0.1) is 0 Å². The van der Waals surface area contributed by atoms with Crippen LogP contribution in [-0.4, -0.2) is 22.6 Å². The fraction of sp³-hybridized carbons (Fsp3) is 0.412. The fourth-order valence-electron chi connectivity index (χ4n) is 2.27. The van der Waals surface area contributed by atoms with Crippen molar-refractivity contribution in [3.63, 3.8) is 0 Å². The molecule has 0 aromatic carbocycles. The number of rotatable bonds is 7. The van der Waals surface area contributed by atoms with E-state index in [0.29, 0.717) is 0 Å². The van der Waals surface area contributed by atoms with Gasteiger partial charge < -0.3 is 10.1 Å². The second-order valence-corrected chi connectivity index (χ2v) is 5.29. The average Bonchev–Trinajstić information content (AvgIpc) is 2.47. The van der Waals surface area contributed by atoms with Gasteiger partial charge in [-0.3, -0.25) is 9.97 Å². The molecule has 2 rings (SSSR count). The van der Waals surface area contributed by atoms with Crippen LogP contribution in [0.1, 0.15) is 37.9 Å². The van der Waals surface area contributed by atoms with Crippen LogP contribution in [0.4, 0.5) is 0 Å². The van der Waals surface area contributed by atoms with Gasteiger partial charge in [0.2, 0.25) is 0 Å². The molecule has 1 N–H and O–H groups in total. The SMILES string of the molecule is CCNC(Cc1ccncc1)c1cncc(OC(C)C)c1. The van der Waals surface area contributed by atoms with Crippen molar-refractivity contribution >= 4 is 0 Å². The van der Waals surface area contributed by atoms with E-state index >= 15 is 0 Å². The van der Waals surface area contributed by atoms with E-state index in [-0.39, 0.29) is 12.1 Å². The molecule has 1 atom stereocenters. The van der Waals surface area contributed by atoms with Gasteiger partial charge in [0.25, 0.3) is 0 Å². The van der Waals surface area contributed by atoms with E-state index in [1.165, 1.54) is 5.56 Å². The highest BCUT2D eigenvalue weighted by molar-refractivity contribution is 5.28. The number of aromatic nitrogens is 2. The Balaban J connectivity index is 2.17. The fourth-order valence-corrected chi connectivity index (χ4v) is 2.27. The van der Waals surface area contributed by atoms with Crippen LogP contribution in [0.15, 0.2) is 43.0 Å². The molecular weight excluding hydrogens is 262 g/mol. The minimum atomic E-state index is 0.153. The van der Waals surface area contributed by atoms with Gasteiger partial charge in [0.1, 0.15) is 5.75 Å². The minimum Gasteiger partial charge on any atom is -0.489 e. The first-order valence-electron chi connectivity index (χ1n) is 7.43. The molecule has 4 heteroatoms. The summed E-state index contributed by atoms with van der Waals surface area (Å²) in [6.07, 6.45) is 8.38. The summed E-state index contributed by atoms with van der Waals surface area (Å²) in [5.74, 6) is 0.820. The van der Waals surface area contributed by atoms with Gasteiger partial charge in [0.15, 0.2) is 0 Å². The highest BCUT2D eigenvalue weighted by Crippen LogP contribution is 2.22. The van der Waals surface area contributed by atoms with Gasteiger partial charge in [-0.2, -0.15) is 0 Å². The Hall–Kier alpha value is -1.94. The quantitative estimate of drug-likeness (QED) is 0.849. The summed E-state index contributed by atoms with van der Waals surface area (Å²) in [6, 6.07) is 6.39. The standard InChI is InChI=1S/C17H23N3O/c1-4-20-17(9-14-5-7-18-8-6-14)15-10-16(12-19-11-15)21-13(2)3/h5-8,10-13,17,20H,4,9H2,1-3H3. The van der Waals surface area contributed by atoms with Gasteiger partial charge >= 0.3 is 0 Å². The van der Waals surface area contributed by atoms with Crippen LogP contribution in [0.25, 0.3) is 0 Å². The molecule has 0 saturated carbocycles. The molecule has 4 nitrogen and oxygen atoms in total. The van der Waals surface area contributed by atoms with Crippen molar-refractivity contribution in [3.8, 4) is 5.75 Å². The third-order valence-electron chi connectivity index (χ3n) is 3.15. The molecule has 1 unspecified atom stereocenters. The molecule has 0 aliphatic rings. The zero-order valence-corrected chi connectivity index (χ0v) is 12.9. The smallest absolute Gasteiger partial charge is 0.138 e. The molecular formula is C17H23N3O. The molecule has 0 aliphatic heterocycles. The van der Waals surface area contributed by atoms with Crippen LogP contribution in [0.3, 0.4) is 0 Å². The molecule has 21 heavy (non-hydrogen) atoms. The van der Waals surface area contributed by atoms with Crippen LogP contribution in [-0.2, 0) is 6.42 Å². The second kappa shape index (κ2) is 7.74. The van der Waals surface area contributed by atoms with Crippen molar-refractivity contribution in [2.75, 3.05) is 6.54 Å². The van der Waals surface area contributed by atoms with Crippen molar-refractivity contribution in [3.05, 3.63) is 54.1 Å². The molecule has 0 amide bonds. The molecule has 0 aliphatic carbocycles. The van der Waals surface area contributed by atoms with Crippen molar-refractivity contribution in [2.45, 2.75) is 39.3 Å². The molecule has 0 spiro atoms.